The van der Waals surface area contributed by atoms with E-state index in [-0.39, 0.29) is 28.4 Å². The number of carboxylic acid groups (broad SMARTS) is 1. The predicted molar refractivity (Wildman–Crippen MR) is 131 cm³/mol. The number of aromatic amines is 1. The molecule has 7 rings (SSSR count). The molecule has 3 aromatic heterocycles. The van der Waals surface area contributed by atoms with Gasteiger partial charge in [-0.05, 0) is 31.1 Å². The average molecular weight is 495 g/mol. The summed E-state index contributed by atoms with van der Waals surface area (Å²) in [7, 11) is 0. The first-order valence-corrected chi connectivity index (χ1v) is 11.9. The number of benzene rings is 1. The number of nitrogens with one attached hydrogen (secondary N) is 1. The fraction of sp³-hybridized carbons (Fsp3) is 0.320. The molecule has 3 aliphatic rings. The van der Waals surface area contributed by atoms with E-state index in [0.717, 1.165) is 12.3 Å². The normalized spacial score (nSPS) is 20.9. The predicted octanol–water partition coefficient (Wildman–Crippen LogP) is 5.35. The molecule has 0 aliphatic heterocycles. The summed E-state index contributed by atoms with van der Waals surface area (Å²) in [6.07, 6.45) is 8.94. The van der Waals surface area contributed by atoms with Crippen molar-refractivity contribution in [1.82, 2.24) is 24.9 Å². The Hall–Kier alpha value is -3.59. The zero-order chi connectivity index (χ0) is 24.5. The summed E-state index contributed by atoms with van der Waals surface area (Å²) >= 11 is 5.91. The molecular formula is C25H24ClFN6O2. The van der Waals surface area contributed by atoms with Gasteiger partial charge in [0.15, 0.2) is 23.1 Å². The van der Waals surface area contributed by atoms with Crippen LogP contribution in [0.15, 0.2) is 42.7 Å². The summed E-state index contributed by atoms with van der Waals surface area (Å²) in [6.45, 7) is 0. The van der Waals surface area contributed by atoms with E-state index >= 15 is 0 Å². The van der Waals surface area contributed by atoms with Crippen LogP contribution in [-0.2, 0) is 4.79 Å². The van der Waals surface area contributed by atoms with Gasteiger partial charge in [0.1, 0.15) is 16.4 Å². The molecule has 180 valence electrons. The van der Waals surface area contributed by atoms with Crippen molar-refractivity contribution in [3.63, 3.8) is 0 Å². The van der Waals surface area contributed by atoms with E-state index in [1.807, 2.05) is 6.07 Å². The topological polar surface area (TPSA) is 131 Å². The number of rotatable bonds is 3. The van der Waals surface area contributed by atoms with E-state index in [1.165, 1.54) is 31.9 Å². The Kier molecular flexibility index (Phi) is 6.34. The SMILES string of the molecule is Nc1nc(-c2c[nH]c3ncc(Cl)nc23)nc(-c2ccccc2)c1F.O=C(O)C1CC2CCC1CC2. The summed E-state index contributed by atoms with van der Waals surface area (Å²) < 4.78 is 14.4. The van der Waals surface area contributed by atoms with Crippen molar-refractivity contribution < 1.29 is 14.3 Å². The minimum absolute atomic E-state index is 0.00231. The number of anilines is 1. The van der Waals surface area contributed by atoms with Gasteiger partial charge >= 0.3 is 5.97 Å². The van der Waals surface area contributed by atoms with Gasteiger partial charge in [0, 0.05) is 11.8 Å². The number of aromatic nitrogens is 5. The van der Waals surface area contributed by atoms with Crippen LogP contribution in [0.2, 0.25) is 5.15 Å². The quantitative estimate of drug-likeness (QED) is 0.349. The largest absolute Gasteiger partial charge is 0.481 e. The van der Waals surface area contributed by atoms with Crippen molar-refractivity contribution in [1.29, 1.82) is 0 Å². The minimum Gasteiger partial charge on any atom is -0.481 e. The Balaban J connectivity index is 0.000000192. The molecular weight excluding hydrogens is 471 g/mol. The van der Waals surface area contributed by atoms with Gasteiger partial charge in [-0.25, -0.2) is 24.3 Å². The molecule has 0 radical (unpaired) electrons. The molecule has 3 fully saturated rings. The number of H-pyrrole nitrogens is 1. The number of nitrogens with two attached hydrogens (primary N) is 1. The molecule has 10 heteroatoms. The van der Waals surface area contributed by atoms with Gasteiger partial charge in [-0.3, -0.25) is 4.79 Å². The number of hydrogen-bond donors (Lipinski definition) is 3. The zero-order valence-corrected chi connectivity index (χ0v) is 19.5. The van der Waals surface area contributed by atoms with Crippen LogP contribution in [0.5, 0.6) is 0 Å². The number of fused-ring (bicyclic) bond motifs is 4. The van der Waals surface area contributed by atoms with Crippen molar-refractivity contribution in [3.8, 4) is 22.6 Å². The molecule has 35 heavy (non-hydrogen) atoms. The van der Waals surface area contributed by atoms with E-state index in [9.17, 15) is 9.18 Å². The van der Waals surface area contributed by atoms with Gasteiger partial charge in [0.2, 0.25) is 0 Å². The monoisotopic (exact) mass is 494 g/mol. The third-order valence-corrected chi connectivity index (χ3v) is 7.06. The molecule has 4 aromatic rings. The maximum atomic E-state index is 14.4. The van der Waals surface area contributed by atoms with Crippen LogP contribution in [0.1, 0.15) is 32.1 Å². The summed E-state index contributed by atoms with van der Waals surface area (Å²) in [5.74, 6) is 0.0492. The third-order valence-electron chi connectivity index (χ3n) is 6.88. The van der Waals surface area contributed by atoms with Crippen LogP contribution in [0.25, 0.3) is 33.8 Å². The van der Waals surface area contributed by atoms with Crippen molar-refractivity contribution >= 4 is 34.6 Å². The van der Waals surface area contributed by atoms with E-state index in [4.69, 9.17) is 22.4 Å². The second-order valence-corrected chi connectivity index (χ2v) is 9.40. The first-order chi connectivity index (χ1) is 16.9. The van der Waals surface area contributed by atoms with Crippen molar-refractivity contribution in [2.75, 3.05) is 5.73 Å². The molecule has 4 N–H and O–H groups in total. The zero-order valence-electron chi connectivity index (χ0n) is 18.8. The van der Waals surface area contributed by atoms with Crippen LogP contribution in [0.3, 0.4) is 0 Å². The summed E-state index contributed by atoms with van der Waals surface area (Å²) in [5, 5.41) is 9.10. The fourth-order valence-corrected chi connectivity index (χ4v) is 5.23. The van der Waals surface area contributed by atoms with Crippen LogP contribution >= 0.6 is 11.6 Å². The van der Waals surface area contributed by atoms with Gasteiger partial charge < -0.3 is 15.8 Å². The highest BCUT2D eigenvalue weighted by Gasteiger charge is 2.39. The number of hydrogen-bond acceptors (Lipinski definition) is 6. The molecule has 8 nitrogen and oxygen atoms in total. The van der Waals surface area contributed by atoms with Crippen LogP contribution in [0, 0.1) is 23.6 Å². The number of halogens is 2. The Labute approximate surface area is 205 Å². The van der Waals surface area contributed by atoms with Gasteiger partial charge in [-0.15, -0.1) is 0 Å². The smallest absolute Gasteiger partial charge is 0.306 e. The maximum absolute atomic E-state index is 14.4. The molecule has 0 amide bonds. The Morgan fingerprint density at radius 2 is 1.86 bits per heavy atom. The molecule has 1 atom stereocenters. The van der Waals surface area contributed by atoms with E-state index in [0.29, 0.717) is 28.2 Å². The van der Waals surface area contributed by atoms with Gasteiger partial charge in [-0.1, -0.05) is 54.8 Å². The molecule has 3 heterocycles. The maximum Gasteiger partial charge on any atom is 0.306 e. The first-order valence-electron chi connectivity index (χ1n) is 11.5. The highest BCUT2D eigenvalue weighted by molar-refractivity contribution is 6.29. The Morgan fingerprint density at radius 1 is 1.11 bits per heavy atom. The Morgan fingerprint density at radius 3 is 2.49 bits per heavy atom. The van der Waals surface area contributed by atoms with Crippen LogP contribution < -0.4 is 5.73 Å². The van der Waals surface area contributed by atoms with Crippen molar-refractivity contribution in [2.45, 2.75) is 32.1 Å². The van der Waals surface area contributed by atoms with Crippen LogP contribution in [0.4, 0.5) is 10.2 Å². The minimum atomic E-state index is -0.658. The van der Waals surface area contributed by atoms with Crippen LogP contribution in [-0.4, -0.2) is 36.0 Å². The molecule has 0 spiro atoms. The van der Waals surface area contributed by atoms with Gasteiger partial charge in [-0.2, -0.15) is 0 Å². The second-order valence-electron chi connectivity index (χ2n) is 9.01. The average Bonchev–Trinajstić information content (AvgIpc) is 3.30. The highest BCUT2D eigenvalue weighted by Crippen LogP contribution is 2.44. The van der Waals surface area contributed by atoms with Gasteiger partial charge in [0.05, 0.1) is 17.7 Å². The second kappa shape index (κ2) is 9.58. The lowest BCUT2D eigenvalue weighted by Crippen LogP contribution is -2.35. The van der Waals surface area contributed by atoms with E-state index < -0.39 is 11.8 Å². The number of nitrogens with zero attached hydrogens (tertiary/aromatic N) is 4. The number of carboxylic acids is 1. The van der Waals surface area contributed by atoms with Crippen molar-refractivity contribution in [3.05, 3.63) is 53.7 Å². The molecule has 1 unspecified atom stereocenters. The molecule has 0 saturated heterocycles. The van der Waals surface area contributed by atoms with E-state index in [2.05, 4.69) is 24.9 Å². The standard InChI is InChI=1S/C16H10ClFN6.C9H14O2/c17-10-7-21-16-13(22-10)9(6-20-16)15-23-12(11(18)14(19)24-15)8-4-2-1-3-5-8;10-9(11)8-5-6-1-3-7(8)4-2-6/h1-7H,(H,20,21)(H2,19,23,24);6-8H,1-5H2,(H,10,11). The molecule has 3 aliphatic carbocycles. The van der Waals surface area contributed by atoms with Crippen molar-refractivity contribution in [2.24, 2.45) is 17.8 Å². The lowest BCUT2D eigenvalue weighted by molar-refractivity contribution is -0.147. The number of aliphatic carboxylic acids is 1. The molecule has 3 saturated carbocycles. The number of nitrogen functional groups attached to an aromatic ring is 1. The summed E-state index contributed by atoms with van der Waals surface area (Å²) in [6, 6.07) is 8.93. The lowest BCUT2D eigenvalue weighted by atomic mass is 9.65. The Bertz CT molecular complexity index is 1370. The first kappa shape index (κ1) is 23.2. The lowest BCUT2D eigenvalue weighted by Gasteiger charge is -2.40. The molecule has 1 aromatic carbocycles. The third kappa shape index (κ3) is 4.68. The summed E-state index contributed by atoms with van der Waals surface area (Å²) in [4.78, 5) is 30.4. The fourth-order valence-electron chi connectivity index (χ4n) is 5.09. The van der Waals surface area contributed by atoms with Gasteiger partial charge in [0.25, 0.3) is 0 Å². The number of carbonyl (C=O) groups is 1. The van der Waals surface area contributed by atoms with E-state index in [1.54, 1.807) is 30.5 Å². The highest BCUT2D eigenvalue weighted by atomic mass is 35.5. The molecule has 2 bridgehead atoms. The summed E-state index contributed by atoms with van der Waals surface area (Å²) in [5.41, 5.74) is 8.04.